The first-order valence-electron chi connectivity index (χ1n) is 12.1. The molecule has 2 aliphatic rings. The first-order chi connectivity index (χ1) is 15.6. The first-order valence-corrected chi connectivity index (χ1v) is 12.5. The highest BCUT2D eigenvalue weighted by atomic mass is 32.1. The Kier molecular flexibility index (Phi) is 8.16. The van der Waals surface area contributed by atoms with E-state index in [1.54, 1.807) is 0 Å². The second-order valence-electron chi connectivity index (χ2n) is 9.23. The molecule has 0 radical (unpaired) electrons. The Morgan fingerprint density at radius 1 is 1.22 bits per heavy atom. The molecule has 7 heteroatoms. The Morgan fingerprint density at radius 3 is 2.78 bits per heavy atom. The number of aryl methyl sites for hydroxylation is 1. The lowest BCUT2D eigenvalue weighted by Crippen LogP contribution is -2.46. The lowest BCUT2D eigenvalue weighted by molar-refractivity contribution is 0.0367. The molecule has 1 aromatic heterocycles. The standard InChI is InChI=1S/C25H36N4O2S/c1-19-8-9-20-17-21(24(30)27-23(20)16-19)18-29(11-5-10-28-12-14-31-15-13-28)25(32)26-22-6-3-2-4-7-22/h8-9,16-17,22H,2-7,10-15,18H2,1H3,(H,26,32)(H,27,30). The Hall–Kier alpha value is -1.96. The molecule has 6 nitrogen and oxygen atoms in total. The SMILES string of the molecule is Cc1ccc2cc(CN(CCCN3CCOCC3)C(=S)NC3CCCCC3)c(=O)[nH]c2c1. The van der Waals surface area contributed by atoms with Gasteiger partial charge in [0, 0.05) is 43.3 Å². The van der Waals surface area contributed by atoms with Crippen LogP contribution in [0.15, 0.2) is 29.1 Å². The number of benzene rings is 1. The highest BCUT2D eigenvalue weighted by Crippen LogP contribution is 2.18. The zero-order valence-corrected chi connectivity index (χ0v) is 20.0. The van der Waals surface area contributed by atoms with Crippen molar-refractivity contribution in [3.05, 3.63) is 45.7 Å². The van der Waals surface area contributed by atoms with Crippen molar-refractivity contribution in [2.24, 2.45) is 0 Å². The molecule has 1 aliphatic carbocycles. The number of morpholine rings is 1. The lowest BCUT2D eigenvalue weighted by atomic mass is 9.96. The molecule has 0 atom stereocenters. The number of pyridine rings is 1. The first kappa shape index (κ1) is 23.2. The van der Waals surface area contributed by atoms with Crippen molar-refractivity contribution in [3.8, 4) is 0 Å². The van der Waals surface area contributed by atoms with Gasteiger partial charge in [-0.1, -0.05) is 31.4 Å². The molecule has 0 amide bonds. The van der Waals surface area contributed by atoms with Gasteiger partial charge in [-0.2, -0.15) is 0 Å². The summed E-state index contributed by atoms with van der Waals surface area (Å²) in [5.74, 6) is 0. The third-order valence-electron chi connectivity index (χ3n) is 6.67. The van der Waals surface area contributed by atoms with Crippen LogP contribution in [0.1, 0.15) is 49.7 Å². The predicted molar refractivity (Wildman–Crippen MR) is 134 cm³/mol. The van der Waals surface area contributed by atoms with Crippen molar-refractivity contribution >= 4 is 28.2 Å². The van der Waals surface area contributed by atoms with E-state index in [-0.39, 0.29) is 5.56 Å². The molecule has 1 aromatic carbocycles. The van der Waals surface area contributed by atoms with E-state index in [2.05, 4.69) is 32.2 Å². The van der Waals surface area contributed by atoms with E-state index >= 15 is 0 Å². The molecule has 2 N–H and O–H groups in total. The highest BCUT2D eigenvalue weighted by Gasteiger charge is 2.19. The van der Waals surface area contributed by atoms with Crippen LogP contribution in [-0.4, -0.2) is 65.3 Å². The van der Waals surface area contributed by atoms with Crippen molar-refractivity contribution in [2.75, 3.05) is 39.4 Å². The largest absolute Gasteiger partial charge is 0.379 e. The molecule has 2 fully saturated rings. The fraction of sp³-hybridized carbons (Fsp3) is 0.600. The molecule has 4 rings (SSSR count). The van der Waals surface area contributed by atoms with E-state index in [0.717, 1.165) is 73.0 Å². The number of aromatic amines is 1. The van der Waals surface area contributed by atoms with Crippen LogP contribution in [0.3, 0.4) is 0 Å². The third-order valence-corrected chi connectivity index (χ3v) is 7.04. The Bertz CT molecular complexity index is 964. The van der Waals surface area contributed by atoms with Gasteiger partial charge < -0.3 is 19.9 Å². The van der Waals surface area contributed by atoms with Crippen LogP contribution in [0.4, 0.5) is 0 Å². The van der Waals surface area contributed by atoms with E-state index < -0.39 is 0 Å². The molecular formula is C25H36N4O2S. The molecule has 2 heterocycles. The summed E-state index contributed by atoms with van der Waals surface area (Å²) in [5, 5.41) is 5.44. The molecule has 1 saturated heterocycles. The molecule has 0 bridgehead atoms. The summed E-state index contributed by atoms with van der Waals surface area (Å²) >= 11 is 5.85. The van der Waals surface area contributed by atoms with E-state index in [1.165, 1.54) is 32.1 Å². The van der Waals surface area contributed by atoms with Crippen molar-refractivity contribution in [3.63, 3.8) is 0 Å². The minimum Gasteiger partial charge on any atom is -0.379 e. The molecular weight excluding hydrogens is 420 g/mol. The van der Waals surface area contributed by atoms with Gasteiger partial charge in [0.15, 0.2) is 5.11 Å². The Morgan fingerprint density at radius 2 is 2.00 bits per heavy atom. The number of hydrogen-bond acceptors (Lipinski definition) is 4. The van der Waals surface area contributed by atoms with E-state index in [0.29, 0.717) is 12.6 Å². The van der Waals surface area contributed by atoms with Crippen molar-refractivity contribution in [1.29, 1.82) is 0 Å². The smallest absolute Gasteiger partial charge is 0.253 e. The van der Waals surface area contributed by atoms with E-state index in [4.69, 9.17) is 17.0 Å². The summed E-state index contributed by atoms with van der Waals surface area (Å²) in [7, 11) is 0. The Balaban J connectivity index is 1.46. The number of thiocarbonyl (C=S) groups is 1. The number of aromatic nitrogens is 1. The summed E-state index contributed by atoms with van der Waals surface area (Å²) in [6.45, 7) is 8.05. The van der Waals surface area contributed by atoms with Gasteiger partial charge in [0.05, 0.1) is 19.8 Å². The second kappa shape index (κ2) is 11.3. The van der Waals surface area contributed by atoms with E-state index in [1.807, 2.05) is 19.1 Å². The molecule has 2 aromatic rings. The monoisotopic (exact) mass is 456 g/mol. The molecule has 32 heavy (non-hydrogen) atoms. The fourth-order valence-electron chi connectivity index (χ4n) is 4.76. The lowest BCUT2D eigenvalue weighted by Gasteiger charge is -2.32. The average Bonchev–Trinajstić information content (AvgIpc) is 2.80. The molecule has 174 valence electrons. The summed E-state index contributed by atoms with van der Waals surface area (Å²) in [6.07, 6.45) is 7.22. The summed E-state index contributed by atoms with van der Waals surface area (Å²) in [6, 6.07) is 8.66. The zero-order chi connectivity index (χ0) is 22.3. The second-order valence-corrected chi connectivity index (χ2v) is 9.61. The Labute approximate surface area is 196 Å². The van der Waals surface area contributed by atoms with Gasteiger partial charge in [0.25, 0.3) is 5.56 Å². The van der Waals surface area contributed by atoms with Crippen molar-refractivity contribution < 1.29 is 4.74 Å². The minimum atomic E-state index is -0.0262. The van der Waals surface area contributed by atoms with Crippen LogP contribution in [0, 0.1) is 6.92 Å². The summed E-state index contributed by atoms with van der Waals surface area (Å²) in [4.78, 5) is 20.5. The van der Waals surface area contributed by atoms with Gasteiger partial charge in [0.1, 0.15) is 0 Å². The van der Waals surface area contributed by atoms with Gasteiger partial charge >= 0.3 is 0 Å². The fourth-order valence-corrected chi connectivity index (χ4v) is 5.08. The molecule has 1 aliphatic heterocycles. The molecule has 0 spiro atoms. The zero-order valence-electron chi connectivity index (χ0n) is 19.2. The van der Waals surface area contributed by atoms with Crippen molar-refractivity contribution in [2.45, 2.75) is 58.0 Å². The van der Waals surface area contributed by atoms with Crippen LogP contribution in [0.2, 0.25) is 0 Å². The highest BCUT2D eigenvalue weighted by molar-refractivity contribution is 7.80. The summed E-state index contributed by atoms with van der Waals surface area (Å²) < 4.78 is 5.46. The maximum Gasteiger partial charge on any atom is 0.253 e. The van der Waals surface area contributed by atoms with Crippen LogP contribution in [0.25, 0.3) is 10.9 Å². The van der Waals surface area contributed by atoms with Gasteiger partial charge in [-0.3, -0.25) is 9.69 Å². The van der Waals surface area contributed by atoms with E-state index in [9.17, 15) is 4.79 Å². The van der Waals surface area contributed by atoms with Crippen LogP contribution in [-0.2, 0) is 11.3 Å². The van der Waals surface area contributed by atoms with Crippen molar-refractivity contribution in [1.82, 2.24) is 20.1 Å². The van der Waals surface area contributed by atoms with Crippen LogP contribution in [0.5, 0.6) is 0 Å². The number of H-pyrrole nitrogens is 1. The topological polar surface area (TPSA) is 60.6 Å². The maximum atomic E-state index is 12.8. The molecule has 1 saturated carbocycles. The predicted octanol–water partition coefficient (Wildman–Crippen LogP) is 3.57. The number of rotatable bonds is 7. The van der Waals surface area contributed by atoms with Gasteiger partial charge in [0.2, 0.25) is 0 Å². The van der Waals surface area contributed by atoms with Crippen LogP contribution < -0.4 is 10.9 Å². The maximum absolute atomic E-state index is 12.8. The number of fused-ring (bicyclic) bond motifs is 1. The quantitative estimate of drug-likeness (QED) is 0.621. The number of hydrogen-bond donors (Lipinski definition) is 2. The van der Waals surface area contributed by atoms with Gasteiger partial charge in [-0.25, -0.2) is 0 Å². The van der Waals surface area contributed by atoms with Gasteiger partial charge in [-0.05, 0) is 61.5 Å². The average molecular weight is 457 g/mol. The summed E-state index contributed by atoms with van der Waals surface area (Å²) in [5.41, 5.74) is 2.77. The minimum absolute atomic E-state index is 0.0262. The normalized spacial score (nSPS) is 18.0. The third kappa shape index (κ3) is 6.30. The number of ether oxygens (including phenoxy) is 1. The van der Waals surface area contributed by atoms with Crippen LogP contribution >= 0.6 is 12.2 Å². The number of nitrogens with one attached hydrogen (secondary N) is 2. The van der Waals surface area contributed by atoms with Gasteiger partial charge in [-0.15, -0.1) is 0 Å². The number of nitrogens with zero attached hydrogens (tertiary/aromatic N) is 2. The molecule has 0 unspecified atom stereocenters.